The first-order valence-electron chi connectivity index (χ1n) is 5.95. The van der Waals surface area contributed by atoms with Gasteiger partial charge in [0.15, 0.2) is 0 Å². The Balaban J connectivity index is 2.20. The number of rotatable bonds is 4. The number of carbonyl (C=O) groups excluding carboxylic acids is 1. The van der Waals surface area contributed by atoms with Crippen molar-refractivity contribution in [1.82, 2.24) is 4.90 Å². The van der Waals surface area contributed by atoms with Gasteiger partial charge in [0.05, 0.1) is 5.69 Å². The summed E-state index contributed by atoms with van der Waals surface area (Å²) in [6.07, 6.45) is 1.56. The third-order valence-corrected chi connectivity index (χ3v) is 3.04. The number of aliphatic hydroxyl groups is 1. The molecule has 0 aliphatic carbocycles. The Morgan fingerprint density at radius 2 is 2.06 bits per heavy atom. The number of carbonyl (C=O) groups is 1. The van der Waals surface area contributed by atoms with Crippen LogP contribution in [0.25, 0.3) is 0 Å². The third kappa shape index (κ3) is 2.42. The van der Waals surface area contributed by atoms with Crippen molar-refractivity contribution in [1.29, 1.82) is 0 Å². The van der Waals surface area contributed by atoms with Gasteiger partial charge in [-0.3, -0.25) is 4.90 Å². The molecule has 1 aliphatic heterocycles. The highest BCUT2D eigenvalue weighted by Gasteiger charge is 2.26. The molecule has 0 fully saturated rings. The highest BCUT2D eigenvalue weighted by molar-refractivity contribution is 5.94. The number of benzene rings is 1. The van der Waals surface area contributed by atoms with Crippen LogP contribution in [0.3, 0.4) is 0 Å². The number of fused-ring (bicyclic) bond motifs is 1. The van der Waals surface area contributed by atoms with E-state index in [4.69, 9.17) is 5.11 Å². The highest BCUT2D eigenvalue weighted by atomic mass is 16.3. The topological polar surface area (TPSA) is 43.8 Å². The summed E-state index contributed by atoms with van der Waals surface area (Å²) in [6, 6.07) is 8.03. The Bertz CT molecular complexity index is 406. The van der Waals surface area contributed by atoms with E-state index >= 15 is 0 Å². The first-order valence-corrected chi connectivity index (χ1v) is 5.95. The molecule has 0 bridgehead atoms. The molecule has 2 amide bonds. The van der Waals surface area contributed by atoms with Crippen molar-refractivity contribution in [2.75, 3.05) is 25.1 Å². The van der Waals surface area contributed by atoms with E-state index < -0.39 is 0 Å². The lowest BCUT2D eigenvalue weighted by Crippen LogP contribution is -2.45. The molecule has 0 unspecified atom stereocenters. The number of anilines is 1. The molecule has 1 aliphatic rings. The van der Waals surface area contributed by atoms with Crippen LogP contribution in [0.15, 0.2) is 24.3 Å². The van der Waals surface area contributed by atoms with Gasteiger partial charge in [0, 0.05) is 26.7 Å². The second kappa shape index (κ2) is 5.19. The first-order chi connectivity index (χ1) is 8.24. The summed E-state index contributed by atoms with van der Waals surface area (Å²) >= 11 is 0. The number of para-hydroxylation sites is 1. The highest BCUT2D eigenvalue weighted by Crippen LogP contribution is 2.27. The van der Waals surface area contributed by atoms with Gasteiger partial charge in [-0.05, 0) is 24.5 Å². The zero-order valence-corrected chi connectivity index (χ0v) is 10.1. The van der Waals surface area contributed by atoms with Crippen molar-refractivity contribution in [2.45, 2.75) is 19.4 Å². The molecule has 1 aromatic rings. The van der Waals surface area contributed by atoms with E-state index in [9.17, 15) is 4.79 Å². The maximum absolute atomic E-state index is 12.1. The summed E-state index contributed by atoms with van der Waals surface area (Å²) in [5.74, 6) is 0. The minimum atomic E-state index is 0.0432. The Kier molecular flexibility index (Phi) is 3.64. The van der Waals surface area contributed by atoms with Crippen LogP contribution in [-0.2, 0) is 6.54 Å². The van der Waals surface area contributed by atoms with Crippen molar-refractivity contribution in [2.24, 2.45) is 0 Å². The maximum Gasteiger partial charge on any atom is 0.324 e. The predicted octanol–water partition coefficient (Wildman–Crippen LogP) is 1.83. The van der Waals surface area contributed by atoms with Gasteiger partial charge in [-0.2, -0.15) is 0 Å². The molecule has 1 aromatic carbocycles. The lowest BCUT2D eigenvalue weighted by molar-refractivity contribution is 0.209. The fourth-order valence-corrected chi connectivity index (χ4v) is 2.14. The number of hydrogen-bond donors (Lipinski definition) is 1. The molecule has 1 heterocycles. The number of urea groups is 1. The molecule has 0 spiro atoms. The molecule has 4 heteroatoms. The van der Waals surface area contributed by atoms with Crippen LogP contribution in [0, 0.1) is 0 Å². The smallest absolute Gasteiger partial charge is 0.324 e. The lowest BCUT2D eigenvalue weighted by Gasteiger charge is -2.35. The largest absolute Gasteiger partial charge is 0.396 e. The normalized spacial score (nSPS) is 15.1. The van der Waals surface area contributed by atoms with E-state index in [0.29, 0.717) is 13.1 Å². The number of unbranched alkanes of at least 4 members (excludes halogenated alkanes) is 1. The van der Waals surface area contributed by atoms with Gasteiger partial charge in [0.2, 0.25) is 0 Å². The average molecular weight is 234 g/mol. The van der Waals surface area contributed by atoms with Crippen LogP contribution in [0.1, 0.15) is 18.4 Å². The molecule has 4 nitrogen and oxygen atoms in total. The number of hydrogen-bond acceptors (Lipinski definition) is 2. The standard InChI is InChI=1S/C13H18N2O2/c1-14-10-11-6-2-3-7-12(11)15(13(14)17)8-4-5-9-16/h2-3,6-7,16H,4-5,8-10H2,1H3. The summed E-state index contributed by atoms with van der Waals surface area (Å²) in [7, 11) is 1.82. The van der Waals surface area contributed by atoms with E-state index in [2.05, 4.69) is 6.07 Å². The zero-order valence-electron chi connectivity index (χ0n) is 10.1. The van der Waals surface area contributed by atoms with E-state index in [1.54, 1.807) is 9.80 Å². The van der Waals surface area contributed by atoms with Gasteiger partial charge < -0.3 is 10.0 Å². The van der Waals surface area contributed by atoms with Crippen LogP contribution in [0.2, 0.25) is 0 Å². The monoisotopic (exact) mass is 234 g/mol. The SMILES string of the molecule is CN1Cc2ccccc2N(CCCCO)C1=O. The molecule has 0 aromatic heterocycles. The van der Waals surface area contributed by atoms with Gasteiger partial charge in [-0.25, -0.2) is 4.79 Å². The molecule has 0 atom stereocenters. The Morgan fingerprint density at radius 3 is 2.82 bits per heavy atom. The average Bonchev–Trinajstić information content (AvgIpc) is 2.34. The van der Waals surface area contributed by atoms with Crippen molar-refractivity contribution >= 4 is 11.7 Å². The number of nitrogens with zero attached hydrogens (tertiary/aromatic N) is 2. The fourth-order valence-electron chi connectivity index (χ4n) is 2.14. The van der Waals surface area contributed by atoms with Gasteiger partial charge >= 0.3 is 6.03 Å². The van der Waals surface area contributed by atoms with Crippen molar-refractivity contribution < 1.29 is 9.90 Å². The molecule has 17 heavy (non-hydrogen) atoms. The second-order valence-electron chi connectivity index (χ2n) is 4.35. The molecular formula is C13H18N2O2. The number of amides is 2. The quantitative estimate of drug-likeness (QED) is 0.808. The zero-order chi connectivity index (χ0) is 12.3. The summed E-state index contributed by atoms with van der Waals surface area (Å²) in [4.78, 5) is 15.6. The molecular weight excluding hydrogens is 216 g/mol. The predicted molar refractivity (Wildman–Crippen MR) is 67.0 cm³/mol. The Hall–Kier alpha value is -1.55. The Labute approximate surface area is 101 Å². The van der Waals surface area contributed by atoms with Gasteiger partial charge in [-0.1, -0.05) is 18.2 Å². The van der Waals surface area contributed by atoms with Crippen LogP contribution in [-0.4, -0.2) is 36.2 Å². The van der Waals surface area contributed by atoms with Crippen molar-refractivity contribution in [3.8, 4) is 0 Å². The van der Waals surface area contributed by atoms with E-state index in [-0.39, 0.29) is 12.6 Å². The van der Waals surface area contributed by atoms with Gasteiger partial charge in [0.25, 0.3) is 0 Å². The lowest BCUT2D eigenvalue weighted by atomic mass is 10.1. The van der Waals surface area contributed by atoms with Crippen molar-refractivity contribution in [3.63, 3.8) is 0 Å². The molecule has 0 saturated heterocycles. The summed E-state index contributed by atoms with van der Waals surface area (Å²) in [5.41, 5.74) is 2.19. The molecule has 2 rings (SSSR count). The summed E-state index contributed by atoms with van der Waals surface area (Å²) < 4.78 is 0. The van der Waals surface area contributed by atoms with E-state index in [1.165, 1.54) is 5.56 Å². The summed E-state index contributed by atoms with van der Waals surface area (Å²) in [5, 5.41) is 8.80. The molecule has 0 radical (unpaired) electrons. The maximum atomic E-state index is 12.1. The van der Waals surface area contributed by atoms with E-state index in [1.807, 2.05) is 25.2 Å². The molecule has 1 N–H and O–H groups in total. The second-order valence-corrected chi connectivity index (χ2v) is 4.35. The third-order valence-electron chi connectivity index (χ3n) is 3.04. The van der Waals surface area contributed by atoms with Crippen LogP contribution >= 0.6 is 0 Å². The molecule has 92 valence electrons. The van der Waals surface area contributed by atoms with E-state index in [0.717, 1.165) is 18.5 Å². The van der Waals surface area contributed by atoms with Crippen LogP contribution in [0.5, 0.6) is 0 Å². The first kappa shape index (κ1) is 11.9. The van der Waals surface area contributed by atoms with Gasteiger partial charge in [-0.15, -0.1) is 0 Å². The fraction of sp³-hybridized carbons (Fsp3) is 0.462. The Morgan fingerprint density at radius 1 is 1.29 bits per heavy atom. The van der Waals surface area contributed by atoms with Crippen molar-refractivity contribution in [3.05, 3.63) is 29.8 Å². The van der Waals surface area contributed by atoms with Gasteiger partial charge in [0.1, 0.15) is 0 Å². The minimum Gasteiger partial charge on any atom is -0.396 e. The molecule has 0 saturated carbocycles. The van der Waals surface area contributed by atoms with Crippen LogP contribution < -0.4 is 4.90 Å². The minimum absolute atomic E-state index is 0.0432. The number of aliphatic hydroxyl groups excluding tert-OH is 1. The summed E-state index contributed by atoms with van der Waals surface area (Å²) in [6.45, 7) is 1.52. The van der Waals surface area contributed by atoms with Crippen LogP contribution in [0.4, 0.5) is 10.5 Å².